The third kappa shape index (κ3) is 4.47. The highest BCUT2D eigenvalue weighted by atomic mass is 32.2. The van der Waals surface area contributed by atoms with Crippen LogP contribution in [0, 0.1) is 13.8 Å². The van der Waals surface area contributed by atoms with Gasteiger partial charge in [0.05, 0.1) is 17.4 Å². The lowest BCUT2D eigenvalue weighted by molar-refractivity contribution is 0.0918. The van der Waals surface area contributed by atoms with Crippen LogP contribution in [0.2, 0.25) is 0 Å². The van der Waals surface area contributed by atoms with Crippen LogP contribution in [0.15, 0.2) is 5.03 Å². The lowest BCUT2D eigenvalue weighted by Gasteiger charge is -2.17. The molecule has 0 radical (unpaired) electrons. The van der Waals surface area contributed by atoms with Crippen LogP contribution in [0.25, 0.3) is 0 Å². The minimum Gasteiger partial charge on any atom is -0.393 e. The molecule has 0 aliphatic heterocycles. The first-order valence-corrected chi connectivity index (χ1v) is 7.45. The normalized spacial score (nSPS) is 14.0. The lowest BCUT2D eigenvalue weighted by atomic mass is 10.1. The summed E-state index contributed by atoms with van der Waals surface area (Å²) in [6.07, 6.45) is 1.97. The molecule has 0 aliphatic carbocycles. The zero-order chi connectivity index (χ0) is 14.6. The van der Waals surface area contributed by atoms with Crippen molar-refractivity contribution in [3.63, 3.8) is 0 Å². The van der Waals surface area contributed by atoms with E-state index in [1.165, 1.54) is 11.8 Å². The molecule has 0 fully saturated rings. The van der Waals surface area contributed by atoms with Gasteiger partial charge in [-0.25, -0.2) is 9.97 Å². The molecule has 1 rings (SSSR count). The zero-order valence-electron chi connectivity index (χ0n) is 12.0. The Hall–Kier alpha value is -1.14. The first kappa shape index (κ1) is 15.9. The summed E-state index contributed by atoms with van der Waals surface area (Å²) in [6, 6.07) is -0.0945. The predicted molar refractivity (Wildman–Crippen MR) is 76.5 cm³/mol. The lowest BCUT2D eigenvalue weighted by Crippen LogP contribution is -2.35. The Morgan fingerprint density at radius 3 is 2.53 bits per heavy atom. The fraction of sp³-hybridized carbons (Fsp3) is 0.615. The quantitative estimate of drug-likeness (QED) is 0.635. The third-order valence-corrected chi connectivity index (χ3v) is 3.34. The van der Waals surface area contributed by atoms with Gasteiger partial charge in [0, 0.05) is 6.04 Å². The minimum atomic E-state index is -0.439. The standard InChI is InChI=1S/C13H21N3O2S/c1-7(6-8(2)17)14-12(18)11-9(3)15-10(4)16-13(11)19-5/h7-8,17H,6H2,1-5H3,(H,14,18). The number of nitrogens with zero attached hydrogens (tertiary/aromatic N) is 2. The number of hydrogen-bond acceptors (Lipinski definition) is 5. The minimum absolute atomic E-state index is 0.0945. The monoisotopic (exact) mass is 283 g/mol. The van der Waals surface area contributed by atoms with Gasteiger partial charge in [-0.2, -0.15) is 0 Å². The van der Waals surface area contributed by atoms with Crippen molar-refractivity contribution >= 4 is 17.7 Å². The molecule has 1 heterocycles. The summed E-state index contributed by atoms with van der Waals surface area (Å²) in [6.45, 7) is 7.19. The number of thioether (sulfide) groups is 1. The van der Waals surface area contributed by atoms with E-state index >= 15 is 0 Å². The van der Waals surface area contributed by atoms with Crippen LogP contribution in [0.5, 0.6) is 0 Å². The molecule has 2 atom stereocenters. The number of nitrogens with one attached hydrogen (secondary N) is 1. The van der Waals surface area contributed by atoms with Crippen LogP contribution in [0.4, 0.5) is 0 Å². The summed E-state index contributed by atoms with van der Waals surface area (Å²) in [5.74, 6) is 0.477. The average Bonchev–Trinajstić information content (AvgIpc) is 2.25. The summed E-state index contributed by atoms with van der Waals surface area (Å²) in [5, 5.41) is 12.9. The van der Waals surface area contributed by atoms with E-state index in [9.17, 15) is 9.90 Å². The molecule has 5 nitrogen and oxygen atoms in total. The zero-order valence-corrected chi connectivity index (χ0v) is 12.8. The molecule has 106 valence electrons. The molecule has 19 heavy (non-hydrogen) atoms. The van der Waals surface area contributed by atoms with Crippen molar-refractivity contribution in [1.82, 2.24) is 15.3 Å². The van der Waals surface area contributed by atoms with Crippen molar-refractivity contribution in [2.45, 2.75) is 51.3 Å². The maximum absolute atomic E-state index is 12.3. The van der Waals surface area contributed by atoms with E-state index in [4.69, 9.17) is 0 Å². The van der Waals surface area contributed by atoms with Crippen molar-refractivity contribution in [1.29, 1.82) is 0 Å². The first-order valence-electron chi connectivity index (χ1n) is 6.23. The van der Waals surface area contributed by atoms with Crippen molar-refractivity contribution in [2.75, 3.05) is 6.26 Å². The van der Waals surface area contributed by atoms with Crippen LogP contribution >= 0.6 is 11.8 Å². The number of aliphatic hydroxyl groups excluding tert-OH is 1. The molecule has 0 bridgehead atoms. The molecular formula is C13H21N3O2S. The summed E-state index contributed by atoms with van der Waals surface area (Å²) < 4.78 is 0. The van der Waals surface area contributed by atoms with E-state index in [0.717, 1.165) is 0 Å². The molecule has 1 aromatic heterocycles. The second kappa shape index (κ2) is 6.86. The van der Waals surface area contributed by atoms with Gasteiger partial charge >= 0.3 is 0 Å². The maximum Gasteiger partial charge on any atom is 0.256 e. The SMILES string of the molecule is CSc1nc(C)nc(C)c1C(=O)NC(C)CC(C)O. The highest BCUT2D eigenvalue weighted by Gasteiger charge is 2.19. The average molecular weight is 283 g/mol. The second-order valence-corrected chi connectivity index (χ2v) is 5.49. The number of aliphatic hydroxyl groups is 1. The van der Waals surface area contributed by atoms with Gasteiger partial charge in [-0.1, -0.05) is 0 Å². The largest absolute Gasteiger partial charge is 0.393 e. The van der Waals surface area contributed by atoms with E-state index in [0.29, 0.717) is 28.5 Å². The van der Waals surface area contributed by atoms with Crippen molar-refractivity contribution in [2.24, 2.45) is 0 Å². The Morgan fingerprint density at radius 2 is 2.00 bits per heavy atom. The van der Waals surface area contributed by atoms with Crippen molar-refractivity contribution in [3.05, 3.63) is 17.1 Å². The van der Waals surface area contributed by atoms with Gasteiger partial charge in [-0.05, 0) is 40.4 Å². The van der Waals surface area contributed by atoms with Crippen LogP contribution in [-0.2, 0) is 0 Å². The molecule has 0 aromatic carbocycles. The van der Waals surface area contributed by atoms with Crippen LogP contribution < -0.4 is 5.32 Å². The Morgan fingerprint density at radius 1 is 1.37 bits per heavy atom. The van der Waals surface area contributed by atoms with Crippen LogP contribution in [0.1, 0.15) is 42.1 Å². The molecule has 1 aromatic rings. The predicted octanol–water partition coefficient (Wildman–Crippen LogP) is 1.70. The second-order valence-electron chi connectivity index (χ2n) is 4.70. The molecule has 6 heteroatoms. The Balaban J connectivity index is 2.93. The number of aromatic nitrogens is 2. The molecule has 0 saturated carbocycles. The molecule has 2 N–H and O–H groups in total. The summed E-state index contributed by atoms with van der Waals surface area (Å²) >= 11 is 1.43. The molecule has 1 amide bonds. The van der Waals surface area contributed by atoms with Gasteiger partial charge in [0.15, 0.2) is 0 Å². The highest BCUT2D eigenvalue weighted by Crippen LogP contribution is 2.20. The van der Waals surface area contributed by atoms with Crippen LogP contribution in [0.3, 0.4) is 0 Å². The molecule has 2 unspecified atom stereocenters. The topological polar surface area (TPSA) is 75.1 Å². The maximum atomic E-state index is 12.3. The van der Waals surface area contributed by atoms with Crippen LogP contribution in [-0.4, -0.2) is 39.4 Å². The summed E-state index contributed by atoms with van der Waals surface area (Å²) in [4.78, 5) is 20.8. The number of rotatable bonds is 5. The summed E-state index contributed by atoms with van der Waals surface area (Å²) in [7, 11) is 0. The van der Waals surface area contributed by atoms with E-state index in [1.54, 1.807) is 6.92 Å². The number of amides is 1. The number of carbonyl (C=O) groups excluding carboxylic acids is 1. The van der Waals surface area contributed by atoms with E-state index in [2.05, 4.69) is 15.3 Å². The van der Waals surface area contributed by atoms with Crippen molar-refractivity contribution < 1.29 is 9.90 Å². The molecule has 0 saturated heterocycles. The number of aryl methyl sites for hydroxylation is 2. The number of hydrogen-bond donors (Lipinski definition) is 2. The van der Waals surface area contributed by atoms with E-state index < -0.39 is 6.10 Å². The van der Waals surface area contributed by atoms with Crippen molar-refractivity contribution in [3.8, 4) is 0 Å². The van der Waals surface area contributed by atoms with Gasteiger partial charge < -0.3 is 10.4 Å². The number of carbonyl (C=O) groups is 1. The van der Waals surface area contributed by atoms with Gasteiger partial charge in [0.25, 0.3) is 5.91 Å². The van der Waals surface area contributed by atoms with E-state index in [-0.39, 0.29) is 11.9 Å². The van der Waals surface area contributed by atoms with E-state index in [1.807, 2.05) is 27.0 Å². The smallest absolute Gasteiger partial charge is 0.256 e. The first-order chi connectivity index (χ1) is 8.85. The highest BCUT2D eigenvalue weighted by molar-refractivity contribution is 7.98. The Labute approximate surface area is 118 Å². The Kier molecular flexibility index (Phi) is 5.75. The molecular weight excluding hydrogens is 262 g/mol. The van der Waals surface area contributed by atoms with Gasteiger partial charge in [-0.3, -0.25) is 4.79 Å². The molecule has 0 spiro atoms. The fourth-order valence-corrected chi connectivity index (χ4v) is 2.62. The summed E-state index contributed by atoms with van der Waals surface area (Å²) in [5.41, 5.74) is 1.20. The Bertz CT molecular complexity index is 463. The van der Waals surface area contributed by atoms with Gasteiger partial charge in [-0.15, -0.1) is 11.8 Å². The van der Waals surface area contributed by atoms with Gasteiger partial charge in [0.2, 0.25) is 0 Å². The fourth-order valence-electron chi connectivity index (χ4n) is 1.96. The molecule has 0 aliphatic rings. The third-order valence-electron chi connectivity index (χ3n) is 2.66. The van der Waals surface area contributed by atoms with Gasteiger partial charge in [0.1, 0.15) is 10.9 Å².